The summed E-state index contributed by atoms with van der Waals surface area (Å²) in [5.41, 5.74) is 2.05. The molecule has 0 N–H and O–H groups in total. The Hall–Kier alpha value is -2.62. The molecule has 6 heteroatoms. The minimum atomic E-state index is -0.586. The van der Waals surface area contributed by atoms with E-state index in [1.54, 1.807) is 11.0 Å². The third kappa shape index (κ3) is 3.12. The van der Waals surface area contributed by atoms with Gasteiger partial charge >= 0.3 is 0 Å². The van der Waals surface area contributed by atoms with Crippen LogP contribution >= 0.6 is 0 Å². The van der Waals surface area contributed by atoms with E-state index in [1.165, 1.54) is 0 Å². The van der Waals surface area contributed by atoms with Gasteiger partial charge in [-0.15, -0.1) is 0 Å². The molecule has 3 heterocycles. The summed E-state index contributed by atoms with van der Waals surface area (Å²) < 4.78 is 13.4. The second kappa shape index (κ2) is 6.94. The molecule has 6 nitrogen and oxygen atoms in total. The van der Waals surface area contributed by atoms with Crippen molar-refractivity contribution in [2.75, 3.05) is 26.3 Å². The van der Waals surface area contributed by atoms with Crippen LogP contribution in [0.3, 0.4) is 0 Å². The van der Waals surface area contributed by atoms with Gasteiger partial charge in [-0.3, -0.25) is 4.79 Å². The van der Waals surface area contributed by atoms with Crippen LogP contribution in [0.4, 0.5) is 0 Å². The first-order valence-corrected chi connectivity index (χ1v) is 8.90. The normalized spacial score (nSPS) is 19.0. The highest BCUT2D eigenvalue weighted by atomic mass is 16.7. The van der Waals surface area contributed by atoms with Gasteiger partial charge in [0.1, 0.15) is 0 Å². The molecule has 2 aliphatic rings. The molecule has 0 bridgehead atoms. The lowest BCUT2D eigenvalue weighted by Gasteiger charge is -2.21. The van der Waals surface area contributed by atoms with Crippen molar-refractivity contribution in [3.63, 3.8) is 0 Å². The standard InChI is InChI=1S/C20H21N3O3/c21-9-3-10-22-14-16(17-4-1-2-5-18(17)22)6-7-19(24)23-11-8-20(15-23)25-12-13-26-20/h1-2,4-7,14H,3,8,10-13,15H2. The third-order valence-corrected chi connectivity index (χ3v) is 5.01. The van der Waals surface area contributed by atoms with Crippen molar-refractivity contribution in [1.29, 1.82) is 5.26 Å². The number of amides is 1. The minimum absolute atomic E-state index is 0.0326. The van der Waals surface area contributed by atoms with Crippen LogP contribution in [0.15, 0.2) is 36.5 Å². The number of aryl methyl sites for hydroxylation is 1. The van der Waals surface area contributed by atoms with Gasteiger partial charge in [0.05, 0.1) is 32.2 Å². The number of carbonyl (C=O) groups is 1. The van der Waals surface area contributed by atoms with E-state index < -0.39 is 5.79 Å². The number of benzene rings is 1. The molecule has 2 fully saturated rings. The van der Waals surface area contributed by atoms with Gasteiger partial charge in [-0.25, -0.2) is 0 Å². The number of nitriles is 1. The van der Waals surface area contributed by atoms with E-state index in [0.29, 0.717) is 39.3 Å². The molecule has 0 unspecified atom stereocenters. The Morgan fingerprint density at radius 2 is 2.12 bits per heavy atom. The summed E-state index contributed by atoms with van der Waals surface area (Å²) in [6.45, 7) is 2.97. The first-order valence-electron chi connectivity index (χ1n) is 8.90. The fraction of sp³-hybridized carbons (Fsp3) is 0.400. The van der Waals surface area contributed by atoms with Crippen LogP contribution < -0.4 is 0 Å². The average Bonchev–Trinajstić information content (AvgIpc) is 3.39. The number of nitrogens with zero attached hydrogens (tertiary/aromatic N) is 3. The summed E-state index contributed by atoms with van der Waals surface area (Å²) >= 11 is 0. The van der Waals surface area contributed by atoms with Gasteiger partial charge < -0.3 is 18.9 Å². The lowest BCUT2D eigenvalue weighted by Crippen LogP contribution is -2.36. The number of para-hydroxylation sites is 1. The maximum atomic E-state index is 12.6. The van der Waals surface area contributed by atoms with E-state index in [1.807, 2.05) is 36.5 Å². The van der Waals surface area contributed by atoms with Gasteiger partial charge in [0, 0.05) is 48.2 Å². The van der Waals surface area contributed by atoms with E-state index in [0.717, 1.165) is 22.9 Å². The zero-order chi connectivity index (χ0) is 18.0. The molecule has 1 aromatic carbocycles. The number of hydrogen-bond acceptors (Lipinski definition) is 4. The van der Waals surface area contributed by atoms with Crippen LogP contribution in [0.2, 0.25) is 0 Å². The lowest BCUT2D eigenvalue weighted by atomic mass is 10.1. The molecule has 134 valence electrons. The molecule has 0 saturated carbocycles. The van der Waals surface area contributed by atoms with Crippen LogP contribution in [-0.2, 0) is 20.8 Å². The van der Waals surface area contributed by atoms with Crippen LogP contribution in [0.1, 0.15) is 18.4 Å². The molecule has 0 aliphatic carbocycles. The molecular formula is C20H21N3O3. The number of carbonyl (C=O) groups excluding carboxylic acids is 1. The Balaban J connectivity index is 1.51. The van der Waals surface area contributed by atoms with E-state index in [2.05, 4.69) is 10.6 Å². The highest BCUT2D eigenvalue weighted by Gasteiger charge is 2.44. The molecule has 2 aromatic rings. The highest BCUT2D eigenvalue weighted by Crippen LogP contribution is 2.30. The van der Waals surface area contributed by atoms with Crippen molar-refractivity contribution < 1.29 is 14.3 Å². The Labute approximate surface area is 152 Å². The van der Waals surface area contributed by atoms with E-state index in [9.17, 15) is 4.79 Å². The molecule has 26 heavy (non-hydrogen) atoms. The third-order valence-electron chi connectivity index (χ3n) is 5.01. The predicted molar refractivity (Wildman–Crippen MR) is 97.0 cm³/mol. The summed E-state index contributed by atoms with van der Waals surface area (Å²) in [6.07, 6.45) is 6.65. The van der Waals surface area contributed by atoms with Gasteiger partial charge in [0.25, 0.3) is 0 Å². The largest absolute Gasteiger partial charge is 0.346 e. The molecule has 1 aromatic heterocycles. The predicted octanol–water partition coefficient (Wildman–Crippen LogP) is 2.54. The van der Waals surface area contributed by atoms with Crippen LogP contribution in [0, 0.1) is 11.3 Å². The van der Waals surface area contributed by atoms with Crippen molar-refractivity contribution in [3.8, 4) is 6.07 Å². The fourth-order valence-corrected chi connectivity index (χ4v) is 3.70. The Bertz CT molecular complexity index is 887. The number of ether oxygens (including phenoxy) is 2. The topological polar surface area (TPSA) is 67.5 Å². The summed E-state index contributed by atoms with van der Waals surface area (Å²) in [4.78, 5) is 14.3. The van der Waals surface area contributed by atoms with Crippen LogP contribution in [-0.4, -0.2) is 47.5 Å². The quantitative estimate of drug-likeness (QED) is 0.794. The second-order valence-corrected chi connectivity index (χ2v) is 6.65. The second-order valence-electron chi connectivity index (χ2n) is 6.65. The smallest absolute Gasteiger partial charge is 0.246 e. The van der Waals surface area contributed by atoms with Crippen LogP contribution in [0.5, 0.6) is 0 Å². The van der Waals surface area contributed by atoms with Gasteiger partial charge in [-0.2, -0.15) is 5.26 Å². The van der Waals surface area contributed by atoms with Crippen molar-refractivity contribution in [3.05, 3.63) is 42.1 Å². The molecule has 1 amide bonds. The fourth-order valence-electron chi connectivity index (χ4n) is 3.70. The first-order chi connectivity index (χ1) is 12.7. The van der Waals surface area contributed by atoms with Crippen molar-refractivity contribution in [2.24, 2.45) is 0 Å². The van der Waals surface area contributed by atoms with Crippen molar-refractivity contribution in [1.82, 2.24) is 9.47 Å². The Kier molecular flexibility index (Phi) is 4.49. The number of aromatic nitrogens is 1. The molecule has 2 saturated heterocycles. The highest BCUT2D eigenvalue weighted by molar-refractivity contribution is 5.96. The molecule has 4 rings (SSSR count). The molecule has 1 spiro atoms. The number of hydrogen-bond donors (Lipinski definition) is 0. The summed E-state index contributed by atoms with van der Waals surface area (Å²) in [6, 6.07) is 10.2. The molecule has 2 aliphatic heterocycles. The zero-order valence-corrected chi connectivity index (χ0v) is 14.6. The van der Waals surface area contributed by atoms with Gasteiger partial charge in [0.15, 0.2) is 5.79 Å². The van der Waals surface area contributed by atoms with E-state index in [4.69, 9.17) is 14.7 Å². The van der Waals surface area contributed by atoms with E-state index >= 15 is 0 Å². The van der Waals surface area contributed by atoms with Crippen LogP contribution in [0.25, 0.3) is 17.0 Å². The van der Waals surface area contributed by atoms with E-state index in [-0.39, 0.29) is 5.91 Å². The minimum Gasteiger partial charge on any atom is -0.346 e. The monoisotopic (exact) mass is 351 g/mol. The van der Waals surface area contributed by atoms with Crippen molar-refractivity contribution >= 4 is 22.9 Å². The number of rotatable bonds is 4. The number of likely N-dealkylation sites (tertiary alicyclic amines) is 1. The number of fused-ring (bicyclic) bond motifs is 1. The Morgan fingerprint density at radius 1 is 1.31 bits per heavy atom. The Morgan fingerprint density at radius 3 is 2.92 bits per heavy atom. The SMILES string of the molecule is N#CCCn1cc(C=CC(=O)N2CCC3(C2)OCCO3)c2ccccc21. The molecule has 0 radical (unpaired) electrons. The van der Waals surface area contributed by atoms with Crippen molar-refractivity contribution in [2.45, 2.75) is 25.2 Å². The average molecular weight is 351 g/mol. The summed E-state index contributed by atoms with van der Waals surface area (Å²) in [5.74, 6) is -0.619. The summed E-state index contributed by atoms with van der Waals surface area (Å²) in [5, 5.41) is 9.92. The van der Waals surface area contributed by atoms with Gasteiger partial charge in [-0.1, -0.05) is 18.2 Å². The maximum Gasteiger partial charge on any atom is 0.246 e. The maximum absolute atomic E-state index is 12.6. The molecule has 0 atom stereocenters. The lowest BCUT2D eigenvalue weighted by molar-refractivity contribution is -0.150. The summed E-state index contributed by atoms with van der Waals surface area (Å²) in [7, 11) is 0. The molecular weight excluding hydrogens is 330 g/mol. The van der Waals surface area contributed by atoms with Gasteiger partial charge in [-0.05, 0) is 12.1 Å². The van der Waals surface area contributed by atoms with Gasteiger partial charge in [0.2, 0.25) is 5.91 Å². The first kappa shape index (κ1) is 16.8. The zero-order valence-electron chi connectivity index (χ0n) is 14.6.